The molecule has 4 heterocycles. The molecular formula is C25H26N4O3. The summed E-state index contributed by atoms with van der Waals surface area (Å²) in [6.45, 7) is 1.42. The molecule has 1 saturated carbocycles. The Morgan fingerprint density at radius 1 is 1.12 bits per heavy atom. The first-order valence-corrected chi connectivity index (χ1v) is 11.5. The fourth-order valence-electron chi connectivity index (χ4n) is 4.82. The van der Waals surface area contributed by atoms with Crippen molar-refractivity contribution in [2.75, 3.05) is 13.2 Å². The second-order valence-electron chi connectivity index (χ2n) is 8.83. The van der Waals surface area contributed by atoms with Gasteiger partial charge in [-0.2, -0.15) is 0 Å². The molecule has 2 aliphatic rings. The third-order valence-electron chi connectivity index (χ3n) is 6.83. The van der Waals surface area contributed by atoms with Crippen molar-refractivity contribution in [1.82, 2.24) is 19.5 Å². The van der Waals surface area contributed by atoms with E-state index in [1.807, 2.05) is 42.5 Å². The number of likely N-dealkylation sites (tertiary alicyclic amines) is 1. The van der Waals surface area contributed by atoms with Gasteiger partial charge in [-0.1, -0.05) is 24.6 Å². The van der Waals surface area contributed by atoms with E-state index in [2.05, 4.69) is 15.0 Å². The minimum atomic E-state index is 0.263. The van der Waals surface area contributed by atoms with Crippen LogP contribution in [0.1, 0.15) is 38.5 Å². The molecule has 1 amide bonds. The summed E-state index contributed by atoms with van der Waals surface area (Å²) >= 11 is 0. The molecule has 0 spiro atoms. The predicted octanol–water partition coefficient (Wildman–Crippen LogP) is 4.70. The first-order valence-electron chi connectivity index (χ1n) is 11.5. The Labute approximate surface area is 186 Å². The van der Waals surface area contributed by atoms with Gasteiger partial charge in [0.1, 0.15) is 11.3 Å². The van der Waals surface area contributed by atoms with Gasteiger partial charge in [0.25, 0.3) is 0 Å². The SMILES string of the molecule is O=C(C1CCC1)N1CCC[C@H]1CCOc1ccc2ncc(-c3cc4ccccc4o3)n2n1. The van der Waals surface area contributed by atoms with Crippen molar-refractivity contribution in [2.45, 2.75) is 44.6 Å². The van der Waals surface area contributed by atoms with Crippen LogP contribution in [0.2, 0.25) is 0 Å². The van der Waals surface area contributed by atoms with E-state index in [0.717, 1.165) is 66.7 Å². The van der Waals surface area contributed by atoms with Crippen LogP contribution in [-0.2, 0) is 4.79 Å². The monoisotopic (exact) mass is 430 g/mol. The summed E-state index contributed by atoms with van der Waals surface area (Å²) in [4.78, 5) is 19.2. The molecular weight excluding hydrogens is 404 g/mol. The molecule has 1 aliphatic carbocycles. The number of fused-ring (bicyclic) bond motifs is 2. The summed E-state index contributed by atoms with van der Waals surface area (Å²) in [6.07, 6.45) is 8.05. The van der Waals surface area contributed by atoms with Crippen LogP contribution in [0, 0.1) is 5.92 Å². The zero-order chi connectivity index (χ0) is 21.5. The number of ether oxygens (including phenoxy) is 1. The van der Waals surface area contributed by atoms with Gasteiger partial charge in [-0.05, 0) is 43.9 Å². The van der Waals surface area contributed by atoms with Gasteiger partial charge in [-0.15, -0.1) is 5.10 Å². The Morgan fingerprint density at radius 2 is 2.03 bits per heavy atom. The van der Waals surface area contributed by atoms with Gasteiger partial charge >= 0.3 is 0 Å². The van der Waals surface area contributed by atoms with Gasteiger partial charge in [0.05, 0.1) is 12.8 Å². The first-order chi connectivity index (χ1) is 15.8. The van der Waals surface area contributed by atoms with Crippen LogP contribution >= 0.6 is 0 Å². The maximum atomic E-state index is 12.7. The zero-order valence-corrected chi connectivity index (χ0v) is 17.9. The molecule has 0 radical (unpaired) electrons. The highest BCUT2D eigenvalue weighted by Crippen LogP contribution is 2.32. The third kappa shape index (κ3) is 3.42. The Balaban J connectivity index is 1.16. The highest BCUT2D eigenvalue weighted by molar-refractivity contribution is 5.82. The number of para-hydroxylation sites is 1. The molecule has 1 aromatic carbocycles. The largest absolute Gasteiger partial charge is 0.477 e. The number of hydrogen-bond acceptors (Lipinski definition) is 5. The van der Waals surface area contributed by atoms with E-state index in [0.29, 0.717) is 18.4 Å². The lowest BCUT2D eigenvalue weighted by molar-refractivity contribution is -0.139. The topological polar surface area (TPSA) is 72.9 Å². The molecule has 164 valence electrons. The average molecular weight is 431 g/mol. The summed E-state index contributed by atoms with van der Waals surface area (Å²) in [5, 5.41) is 5.69. The van der Waals surface area contributed by atoms with Gasteiger partial charge in [0.15, 0.2) is 11.4 Å². The van der Waals surface area contributed by atoms with Gasteiger partial charge in [0, 0.05) is 36.4 Å². The number of carbonyl (C=O) groups is 1. The second kappa shape index (κ2) is 7.97. The predicted molar refractivity (Wildman–Crippen MR) is 120 cm³/mol. The quantitative estimate of drug-likeness (QED) is 0.443. The van der Waals surface area contributed by atoms with Gasteiger partial charge in [-0.25, -0.2) is 9.50 Å². The van der Waals surface area contributed by atoms with Gasteiger partial charge in [-0.3, -0.25) is 4.79 Å². The number of carbonyl (C=O) groups excluding carboxylic acids is 1. The zero-order valence-electron chi connectivity index (χ0n) is 17.9. The normalized spacial score (nSPS) is 19.0. The van der Waals surface area contributed by atoms with Crippen molar-refractivity contribution in [1.29, 1.82) is 0 Å². The molecule has 1 atom stereocenters. The lowest BCUT2D eigenvalue weighted by atomic mass is 9.84. The molecule has 4 aromatic rings. The smallest absolute Gasteiger partial charge is 0.231 e. The van der Waals surface area contributed by atoms with Crippen LogP contribution in [-0.4, -0.2) is 44.6 Å². The molecule has 0 bridgehead atoms. The standard InChI is InChI=1S/C25H26N4O3/c30-25(17-6-3-7-17)28-13-4-8-19(28)12-14-31-24-11-10-23-26-16-20(29(23)27-24)22-15-18-5-1-2-9-21(18)32-22/h1-2,5,9-11,15-17,19H,3-4,6-8,12-14H2/t19-/m0/s1. The molecule has 0 N–H and O–H groups in total. The molecule has 7 nitrogen and oxygen atoms in total. The van der Waals surface area contributed by atoms with Crippen molar-refractivity contribution in [3.05, 3.63) is 48.7 Å². The Hall–Kier alpha value is -3.35. The van der Waals surface area contributed by atoms with Crippen LogP contribution < -0.4 is 4.74 Å². The van der Waals surface area contributed by atoms with E-state index in [-0.39, 0.29) is 12.0 Å². The summed E-state index contributed by atoms with van der Waals surface area (Å²) in [6, 6.07) is 14.0. The summed E-state index contributed by atoms with van der Waals surface area (Å²) in [5.74, 6) is 1.88. The molecule has 32 heavy (non-hydrogen) atoms. The van der Waals surface area contributed by atoms with E-state index >= 15 is 0 Å². The van der Waals surface area contributed by atoms with Crippen molar-refractivity contribution < 1.29 is 13.9 Å². The first kappa shape index (κ1) is 19.3. The number of aromatic nitrogens is 3. The van der Waals surface area contributed by atoms with Gasteiger partial charge in [0.2, 0.25) is 11.8 Å². The fraction of sp³-hybridized carbons (Fsp3) is 0.400. The lowest BCUT2D eigenvalue weighted by Crippen LogP contribution is -2.42. The highest BCUT2D eigenvalue weighted by Gasteiger charge is 2.35. The summed E-state index contributed by atoms with van der Waals surface area (Å²) in [7, 11) is 0. The van der Waals surface area contributed by atoms with Gasteiger partial charge < -0.3 is 14.1 Å². The number of nitrogens with zero attached hydrogens (tertiary/aromatic N) is 4. The fourth-order valence-corrected chi connectivity index (χ4v) is 4.82. The van der Waals surface area contributed by atoms with E-state index in [4.69, 9.17) is 9.15 Å². The molecule has 1 aliphatic heterocycles. The minimum absolute atomic E-state index is 0.263. The number of amides is 1. The van der Waals surface area contributed by atoms with E-state index in [1.54, 1.807) is 10.7 Å². The van der Waals surface area contributed by atoms with Crippen LogP contribution in [0.4, 0.5) is 0 Å². The number of rotatable bonds is 6. The van der Waals surface area contributed by atoms with Crippen molar-refractivity contribution in [3.8, 4) is 17.3 Å². The number of hydrogen-bond donors (Lipinski definition) is 0. The number of furan rings is 1. The Morgan fingerprint density at radius 3 is 2.88 bits per heavy atom. The summed E-state index contributed by atoms with van der Waals surface area (Å²) in [5.41, 5.74) is 2.36. The average Bonchev–Trinajstić information content (AvgIpc) is 3.49. The molecule has 7 heteroatoms. The van der Waals surface area contributed by atoms with Crippen molar-refractivity contribution in [2.24, 2.45) is 5.92 Å². The van der Waals surface area contributed by atoms with Crippen LogP contribution in [0.5, 0.6) is 5.88 Å². The summed E-state index contributed by atoms with van der Waals surface area (Å²) < 4.78 is 13.8. The van der Waals surface area contributed by atoms with Crippen molar-refractivity contribution in [3.63, 3.8) is 0 Å². The van der Waals surface area contributed by atoms with E-state index in [9.17, 15) is 4.79 Å². The van der Waals surface area contributed by atoms with E-state index < -0.39 is 0 Å². The van der Waals surface area contributed by atoms with Crippen molar-refractivity contribution >= 4 is 22.5 Å². The molecule has 2 fully saturated rings. The molecule has 3 aromatic heterocycles. The molecule has 6 rings (SSSR count). The van der Waals surface area contributed by atoms with E-state index in [1.165, 1.54) is 6.42 Å². The number of benzene rings is 1. The van der Waals surface area contributed by atoms with Crippen LogP contribution in [0.15, 0.2) is 53.1 Å². The lowest BCUT2D eigenvalue weighted by Gasteiger charge is -2.32. The van der Waals surface area contributed by atoms with Crippen LogP contribution in [0.25, 0.3) is 28.1 Å². The second-order valence-corrected chi connectivity index (χ2v) is 8.83. The highest BCUT2D eigenvalue weighted by atomic mass is 16.5. The molecule has 0 unspecified atom stereocenters. The Bertz CT molecular complexity index is 1240. The minimum Gasteiger partial charge on any atom is -0.477 e. The molecule has 1 saturated heterocycles. The maximum Gasteiger partial charge on any atom is 0.231 e. The third-order valence-corrected chi connectivity index (χ3v) is 6.83. The maximum absolute atomic E-state index is 12.7. The van der Waals surface area contributed by atoms with Crippen LogP contribution in [0.3, 0.4) is 0 Å². The number of imidazole rings is 1. The Kier molecular flexibility index (Phi) is 4.82.